The molecule has 1 aromatic heterocycles. The number of hydrogen-bond acceptors (Lipinski definition) is 4. The zero-order valence-electron chi connectivity index (χ0n) is 8.68. The molecule has 17 heavy (non-hydrogen) atoms. The van der Waals surface area contributed by atoms with Crippen LogP contribution in [-0.2, 0) is 6.54 Å². The Morgan fingerprint density at radius 2 is 2.35 bits per heavy atom. The number of hydrogen-bond donors (Lipinski definition) is 2. The molecule has 0 amide bonds. The molecular formula is C10H9BrN4O2. The van der Waals surface area contributed by atoms with Gasteiger partial charge in [0, 0.05) is 16.7 Å². The largest absolute Gasteiger partial charge is 0.374 e. The second kappa shape index (κ2) is 4.96. The minimum atomic E-state index is -0.415. The first-order chi connectivity index (χ1) is 8.16. The van der Waals surface area contributed by atoms with Crippen LogP contribution in [0.1, 0.15) is 5.69 Å². The summed E-state index contributed by atoms with van der Waals surface area (Å²) in [5, 5.41) is 13.8. The number of rotatable bonds is 4. The van der Waals surface area contributed by atoms with Crippen LogP contribution in [0.4, 0.5) is 11.4 Å². The van der Waals surface area contributed by atoms with Crippen molar-refractivity contribution in [3.63, 3.8) is 0 Å². The molecule has 0 radical (unpaired) electrons. The number of benzene rings is 1. The Morgan fingerprint density at radius 1 is 1.53 bits per heavy atom. The van der Waals surface area contributed by atoms with Crippen molar-refractivity contribution in [1.82, 2.24) is 9.97 Å². The monoisotopic (exact) mass is 296 g/mol. The summed E-state index contributed by atoms with van der Waals surface area (Å²) in [6.07, 6.45) is 3.23. The summed E-state index contributed by atoms with van der Waals surface area (Å²) in [6.45, 7) is 0.456. The lowest BCUT2D eigenvalue weighted by Crippen LogP contribution is -2.02. The average molecular weight is 297 g/mol. The highest BCUT2D eigenvalue weighted by molar-refractivity contribution is 9.10. The molecule has 88 valence electrons. The van der Waals surface area contributed by atoms with E-state index in [1.165, 1.54) is 6.07 Å². The highest BCUT2D eigenvalue weighted by Gasteiger charge is 2.13. The molecule has 0 spiro atoms. The second-order valence-electron chi connectivity index (χ2n) is 3.35. The zero-order valence-corrected chi connectivity index (χ0v) is 10.3. The van der Waals surface area contributed by atoms with Crippen molar-refractivity contribution in [2.24, 2.45) is 0 Å². The number of nitro benzene ring substituents is 1. The van der Waals surface area contributed by atoms with E-state index in [1.807, 2.05) is 0 Å². The third-order valence-corrected chi connectivity index (χ3v) is 2.67. The van der Waals surface area contributed by atoms with Crippen LogP contribution in [0.25, 0.3) is 0 Å². The molecule has 6 nitrogen and oxygen atoms in total. The third-order valence-electron chi connectivity index (χ3n) is 2.18. The molecule has 0 unspecified atom stereocenters. The highest BCUT2D eigenvalue weighted by atomic mass is 79.9. The third kappa shape index (κ3) is 2.82. The van der Waals surface area contributed by atoms with E-state index >= 15 is 0 Å². The molecule has 0 aliphatic heterocycles. The number of nitrogens with zero attached hydrogens (tertiary/aromatic N) is 2. The average Bonchev–Trinajstić information content (AvgIpc) is 2.78. The predicted octanol–water partition coefficient (Wildman–Crippen LogP) is 2.69. The Balaban J connectivity index is 2.19. The van der Waals surface area contributed by atoms with Crippen molar-refractivity contribution in [3.05, 3.63) is 51.0 Å². The van der Waals surface area contributed by atoms with Crippen molar-refractivity contribution in [2.45, 2.75) is 6.54 Å². The maximum Gasteiger partial charge on any atom is 0.292 e. The zero-order chi connectivity index (χ0) is 12.3. The molecule has 2 N–H and O–H groups in total. The maximum absolute atomic E-state index is 10.8. The van der Waals surface area contributed by atoms with E-state index in [0.29, 0.717) is 12.2 Å². The van der Waals surface area contributed by atoms with Gasteiger partial charge in [-0.25, -0.2) is 4.98 Å². The van der Waals surface area contributed by atoms with Gasteiger partial charge in [0.25, 0.3) is 5.69 Å². The Morgan fingerprint density at radius 3 is 3.00 bits per heavy atom. The standard InChI is InChI=1S/C10H9BrN4O2/c11-7-1-2-10(15(16)17)9(3-7)13-5-8-4-12-6-14-8/h1-4,6,13H,5H2,(H,12,14). The fourth-order valence-electron chi connectivity index (χ4n) is 1.38. The van der Waals surface area contributed by atoms with Crippen molar-refractivity contribution >= 4 is 27.3 Å². The second-order valence-corrected chi connectivity index (χ2v) is 4.26. The van der Waals surface area contributed by atoms with Crippen molar-refractivity contribution in [1.29, 1.82) is 0 Å². The number of imidazole rings is 1. The Hall–Kier alpha value is -1.89. The van der Waals surface area contributed by atoms with Crippen molar-refractivity contribution in [3.8, 4) is 0 Å². The molecule has 0 atom stereocenters. The van der Waals surface area contributed by atoms with Crippen LogP contribution in [0, 0.1) is 10.1 Å². The first kappa shape index (κ1) is 11.6. The van der Waals surface area contributed by atoms with Gasteiger partial charge in [0.1, 0.15) is 5.69 Å². The number of H-pyrrole nitrogens is 1. The summed E-state index contributed by atoms with van der Waals surface area (Å²) in [5.74, 6) is 0. The number of halogens is 1. The van der Waals surface area contributed by atoms with Gasteiger partial charge < -0.3 is 10.3 Å². The van der Waals surface area contributed by atoms with Crippen molar-refractivity contribution in [2.75, 3.05) is 5.32 Å². The highest BCUT2D eigenvalue weighted by Crippen LogP contribution is 2.28. The minimum Gasteiger partial charge on any atom is -0.374 e. The lowest BCUT2D eigenvalue weighted by molar-refractivity contribution is -0.384. The van der Waals surface area contributed by atoms with Gasteiger partial charge in [-0.2, -0.15) is 0 Å². The van der Waals surface area contributed by atoms with Gasteiger partial charge in [0.2, 0.25) is 0 Å². The van der Waals surface area contributed by atoms with Crippen LogP contribution < -0.4 is 5.32 Å². The fourth-order valence-corrected chi connectivity index (χ4v) is 1.74. The summed E-state index contributed by atoms with van der Waals surface area (Å²) >= 11 is 3.28. The van der Waals surface area contributed by atoms with Crippen molar-refractivity contribution < 1.29 is 4.92 Å². The normalized spacial score (nSPS) is 10.2. The molecule has 2 aromatic rings. The van der Waals surface area contributed by atoms with E-state index in [1.54, 1.807) is 24.7 Å². The van der Waals surface area contributed by atoms with E-state index in [4.69, 9.17) is 0 Å². The molecule has 1 heterocycles. The quantitative estimate of drug-likeness (QED) is 0.671. The summed E-state index contributed by atoms with van der Waals surface area (Å²) in [6, 6.07) is 4.77. The maximum atomic E-state index is 10.8. The Kier molecular flexibility index (Phi) is 3.38. The molecule has 2 rings (SSSR count). The number of aromatic amines is 1. The van der Waals surface area contributed by atoms with Crippen LogP contribution in [0.3, 0.4) is 0 Å². The molecular weight excluding hydrogens is 288 g/mol. The van der Waals surface area contributed by atoms with Gasteiger partial charge in [-0.3, -0.25) is 10.1 Å². The summed E-state index contributed by atoms with van der Waals surface area (Å²) in [5.41, 5.74) is 1.38. The van der Waals surface area contributed by atoms with Gasteiger partial charge in [-0.15, -0.1) is 0 Å². The molecule has 1 aromatic carbocycles. The van der Waals surface area contributed by atoms with E-state index in [0.717, 1.165) is 10.2 Å². The number of nitrogens with one attached hydrogen (secondary N) is 2. The topological polar surface area (TPSA) is 83.8 Å². The van der Waals surface area contributed by atoms with Crippen LogP contribution >= 0.6 is 15.9 Å². The Labute approximate surface area is 105 Å². The van der Waals surface area contributed by atoms with E-state index in [2.05, 4.69) is 31.2 Å². The van der Waals surface area contributed by atoms with Crippen LogP contribution in [0.15, 0.2) is 35.2 Å². The summed E-state index contributed by atoms with van der Waals surface area (Å²) in [4.78, 5) is 17.2. The SMILES string of the molecule is O=[N+]([O-])c1ccc(Br)cc1NCc1cnc[nH]1. The van der Waals surface area contributed by atoms with Gasteiger partial charge >= 0.3 is 0 Å². The number of anilines is 1. The van der Waals surface area contributed by atoms with Gasteiger partial charge in [0.15, 0.2) is 0 Å². The lowest BCUT2D eigenvalue weighted by Gasteiger charge is -2.06. The molecule has 0 aliphatic rings. The minimum absolute atomic E-state index is 0.0488. The first-order valence-electron chi connectivity index (χ1n) is 4.82. The van der Waals surface area contributed by atoms with Gasteiger partial charge in [0.05, 0.1) is 23.5 Å². The first-order valence-corrected chi connectivity index (χ1v) is 5.61. The smallest absolute Gasteiger partial charge is 0.292 e. The predicted molar refractivity (Wildman–Crippen MR) is 66.7 cm³/mol. The van der Waals surface area contributed by atoms with E-state index < -0.39 is 4.92 Å². The molecule has 0 fully saturated rings. The van der Waals surface area contributed by atoms with Crippen LogP contribution in [0.5, 0.6) is 0 Å². The van der Waals surface area contributed by atoms with Gasteiger partial charge in [-0.1, -0.05) is 15.9 Å². The van der Waals surface area contributed by atoms with Crippen LogP contribution in [0.2, 0.25) is 0 Å². The number of nitro groups is 1. The molecule has 0 bridgehead atoms. The molecule has 0 saturated carbocycles. The number of aromatic nitrogens is 2. The fraction of sp³-hybridized carbons (Fsp3) is 0.100. The lowest BCUT2D eigenvalue weighted by atomic mass is 10.2. The summed E-state index contributed by atoms with van der Waals surface area (Å²) in [7, 11) is 0. The molecule has 7 heteroatoms. The molecule has 0 aliphatic carbocycles. The van der Waals surface area contributed by atoms with Gasteiger partial charge in [-0.05, 0) is 12.1 Å². The Bertz CT molecular complexity index is 527. The summed E-state index contributed by atoms with van der Waals surface area (Å²) < 4.78 is 0.787. The van der Waals surface area contributed by atoms with Crippen LogP contribution in [-0.4, -0.2) is 14.9 Å². The molecule has 0 saturated heterocycles. The van der Waals surface area contributed by atoms with E-state index in [9.17, 15) is 10.1 Å². The van der Waals surface area contributed by atoms with E-state index in [-0.39, 0.29) is 5.69 Å².